The molecular weight excluding hydrogens is 320 g/mol. The maximum Gasteiger partial charge on any atom is 0.310 e. The van der Waals surface area contributed by atoms with Gasteiger partial charge in [0.2, 0.25) is 0 Å². The Morgan fingerprint density at radius 1 is 1.20 bits per heavy atom. The summed E-state index contributed by atoms with van der Waals surface area (Å²) in [5.41, 5.74) is 1.63. The van der Waals surface area contributed by atoms with Gasteiger partial charge in [-0.1, -0.05) is 19.1 Å². The van der Waals surface area contributed by atoms with Crippen LogP contribution >= 0.6 is 0 Å². The second-order valence-corrected chi connectivity index (χ2v) is 5.73. The zero-order valence-corrected chi connectivity index (χ0v) is 14.9. The minimum absolute atomic E-state index is 0.0637. The van der Waals surface area contributed by atoms with Gasteiger partial charge < -0.3 is 14.5 Å². The first-order chi connectivity index (χ1) is 12.0. The van der Waals surface area contributed by atoms with Gasteiger partial charge in [0.1, 0.15) is 11.6 Å². The van der Waals surface area contributed by atoms with Gasteiger partial charge in [0.25, 0.3) is 5.56 Å². The molecule has 6 nitrogen and oxygen atoms in total. The number of aryl methyl sites for hydroxylation is 1. The molecule has 0 atom stereocenters. The van der Waals surface area contributed by atoms with Gasteiger partial charge in [-0.3, -0.25) is 9.59 Å². The van der Waals surface area contributed by atoms with Crippen molar-refractivity contribution in [3.05, 3.63) is 57.3 Å². The van der Waals surface area contributed by atoms with E-state index in [2.05, 4.69) is 16.9 Å². The number of carbonyl (C=O) groups is 1. The number of nitrogens with one attached hydrogen (secondary N) is 1. The summed E-state index contributed by atoms with van der Waals surface area (Å²) >= 11 is 0. The molecule has 0 saturated heterocycles. The van der Waals surface area contributed by atoms with Crippen LogP contribution in [-0.4, -0.2) is 29.2 Å². The summed E-state index contributed by atoms with van der Waals surface area (Å²) in [7, 11) is 0. The highest BCUT2D eigenvalue weighted by Gasteiger charge is 2.13. The van der Waals surface area contributed by atoms with E-state index in [1.807, 2.05) is 24.3 Å². The molecule has 2 aromatic rings. The van der Waals surface area contributed by atoms with E-state index in [1.54, 1.807) is 13.8 Å². The first-order valence-corrected chi connectivity index (χ1v) is 8.49. The third-order valence-corrected chi connectivity index (χ3v) is 3.67. The van der Waals surface area contributed by atoms with Crippen LogP contribution in [0.5, 0.6) is 5.75 Å². The fourth-order valence-corrected chi connectivity index (χ4v) is 2.43. The average Bonchev–Trinajstić information content (AvgIpc) is 2.58. The van der Waals surface area contributed by atoms with Gasteiger partial charge in [0.05, 0.1) is 19.6 Å². The van der Waals surface area contributed by atoms with Gasteiger partial charge in [-0.2, -0.15) is 0 Å². The summed E-state index contributed by atoms with van der Waals surface area (Å²) in [5.74, 6) is 0.971. The van der Waals surface area contributed by atoms with Crippen LogP contribution in [-0.2, 0) is 22.4 Å². The molecule has 1 N–H and O–H groups in total. The standard InChI is InChI=1S/C19H24N2O4/c1-4-10-25-15-8-6-14(7-9-15)11-17-20-13(3)16(19(23)21-17)12-18(22)24-5-2/h6-9H,4-5,10-12H2,1-3H3,(H,20,21,23). The number of hydrogen-bond donors (Lipinski definition) is 1. The van der Waals surface area contributed by atoms with Crippen molar-refractivity contribution in [3.8, 4) is 5.75 Å². The van der Waals surface area contributed by atoms with Crippen LogP contribution < -0.4 is 10.3 Å². The van der Waals surface area contributed by atoms with Gasteiger partial charge >= 0.3 is 5.97 Å². The Morgan fingerprint density at radius 2 is 1.92 bits per heavy atom. The quantitative estimate of drug-likeness (QED) is 0.744. The molecular formula is C19H24N2O4. The lowest BCUT2D eigenvalue weighted by atomic mass is 10.1. The highest BCUT2D eigenvalue weighted by Crippen LogP contribution is 2.14. The molecule has 1 aromatic carbocycles. The largest absolute Gasteiger partial charge is 0.494 e. The van der Waals surface area contributed by atoms with E-state index in [-0.39, 0.29) is 12.0 Å². The molecule has 2 rings (SSSR count). The second-order valence-electron chi connectivity index (χ2n) is 5.73. The molecule has 0 amide bonds. The molecule has 0 aliphatic heterocycles. The van der Waals surface area contributed by atoms with Crippen molar-refractivity contribution < 1.29 is 14.3 Å². The summed E-state index contributed by atoms with van der Waals surface area (Å²) in [6, 6.07) is 7.72. The Hall–Kier alpha value is -2.63. The molecule has 0 radical (unpaired) electrons. The first-order valence-electron chi connectivity index (χ1n) is 8.49. The number of aromatic nitrogens is 2. The molecule has 0 saturated carbocycles. The molecule has 1 heterocycles. The van der Waals surface area contributed by atoms with Crippen molar-refractivity contribution in [1.82, 2.24) is 9.97 Å². The number of carbonyl (C=O) groups excluding carboxylic acids is 1. The number of ether oxygens (including phenoxy) is 2. The van der Waals surface area contributed by atoms with E-state index in [4.69, 9.17) is 9.47 Å². The average molecular weight is 344 g/mol. The van der Waals surface area contributed by atoms with E-state index < -0.39 is 5.97 Å². The third kappa shape index (κ3) is 5.45. The summed E-state index contributed by atoms with van der Waals surface area (Å²) in [4.78, 5) is 31.0. The Labute approximate surface area is 147 Å². The number of nitrogens with zero attached hydrogens (tertiary/aromatic N) is 1. The van der Waals surface area contributed by atoms with Crippen LogP contribution in [0, 0.1) is 6.92 Å². The monoisotopic (exact) mass is 344 g/mol. The number of esters is 1. The molecule has 0 spiro atoms. The lowest BCUT2D eigenvalue weighted by Crippen LogP contribution is -2.22. The lowest BCUT2D eigenvalue weighted by Gasteiger charge is -2.08. The fourth-order valence-electron chi connectivity index (χ4n) is 2.43. The maximum absolute atomic E-state index is 12.2. The summed E-state index contributed by atoms with van der Waals surface area (Å²) in [6.45, 7) is 6.50. The molecule has 134 valence electrons. The minimum atomic E-state index is -0.423. The van der Waals surface area contributed by atoms with Crippen molar-refractivity contribution in [2.24, 2.45) is 0 Å². The SMILES string of the molecule is CCCOc1ccc(Cc2nc(C)c(CC(=O)OCC)c(=O)[nH]2)cc1. The van der Waals surface area contributed by atoms with Gasteiger partial charge in [0.15, 0.2) is 0 Å². The number of aromatic amines is 1. The van der Waals surface area contributed by atoms with Crippen molar-refractivity contribution in [1.29, 1.82) is 0 Å². The third-order valence-electron chi connectivity index (χ3n) is 3.67. The zero-order valence-electron chi connectivity index (χ0n) is 14.9. The number of benzene rings is 1. The van der Waals surface area contributed by atoms with Gasteiger partial charge in [-0.15, -0.1) is 0 Å². The van der Waals surface area contributed by atoms with Crippen LogP contribution in [0.4, 0.5) is 0 Å². The van der Waals surface area contributed by atoms with E-state index in [0.29, 0.717) is 36.7 Å². The van der Waals surface area contributed by atoms with E-state index in [0.717, 1.165) is 17.7 Å². The van der Waals surface area contributed by atoms with Crippen LogP contribution in [0.3, 0.4) is 0 Å². The van der Waals surface area contributed by atoms with E-state index in [1.165, 1.54) is 0 Å². The summed E-state index contributed by atoms with van der Waals surface area (Å²) in [6.07, 6.45) is 1.40. The van der Waals surface area contributed by atoms with Crippen molar-refractivity contribution >= 4 is 5.97 Å². The van der Waals surface area contributed by atoms with Crippen LogP contribution in [0.1, 0.15) is 42.9 Å². The Morgan fingerprint density at radius 3 is 2.52 bits per heavy atom. The van der Waals surface area contributed by atoms with E-state index in [9.17, 15) is 9.59 Å². The van der Waals surface area contributed by atoms with Crippen LogP contribution in [0.2, 0.25) is 0 Å². The zero-order chi connectivity index (χ0) is 18.2. The van der Waals surface area contributed by atoms with Crippen LogP contribution in [0.25, 0.3) is 0 Å². The molecule has 0 aliphatic rings. The highest BCUT2D eigenvalue weighted by atomic mass is 16.5. The number of H-pyrrole nitrogens is 1. The smallest absolute Gasteiger partial charge is 0.310 e. The van der Waals surface area contributed by atoms with Crippen molar-refractivity contribution in [2.45, 2.75) is 40.0 Å². The topological polar surface area (TPSA) is 81.3 Å². The van der Waals surface area contributed by atoms with Gasteiger partial charge in [-0.05, 0) is 38.0 Å². The first kappa shape index (κ1) is 18.7. The summed E-state index contributed by atoms with van der Waals surface area (Å²) < 4.78 is 10.4. The van der Waals surface area contributed by atoms with E-state index >= 15 is 0 Å². The number of rotatable bonds is 8. The molecule has 6 heteroatoms. The molecule has 1 aromatic heterocycles. The van der Waals surface area contributed by atoms with Crippen molar-refractivity contribution in [3.63, 3.8) is 0 Å². The lowest BCUT2D eigenvalue weighted by molar-refractivity contribution is -0.142. The maximum atomic E-state index is 12.2. The highest BCUT2D eigenvalue weighted by molar-refractivity contribution is 5.72. The molecule has 0 unspecified atom stereocenters. The number of hydrogen-bond acceptors (Lipinski definition) is 5. The van der Waals surface area contributed by atoms with Gasteiger partial charge in [-0.25, -0.2) is 4.98 Å². The molecule has 0 aliphatic carbocycles. The second kappa shape index (κ2) is 9.01. The van der Waals surface area contributed by atoms with Crippen molar-refractivity contribution in [2.75, 3.05) is 13.2 Å². The predicted molar refractivity (Wildman–Crippen MR) is 95.0 cm³/mol. The molecule has 25 heavy (non-hydrogen) atoms. The molecule has 0 fully saturated rings. The van der Waals surface area contributed by atoms with Gasteiger partial charge in [0, 0.05) is 17.7 Å². The fraction of sp³-hybridized carbons (Fsp3) is 0.421. The minimum Gasteiger partial charge on any atom is -0.494 e. The normalized spacial score (nSPS) is 10.5. The Kier molecular flexibility index (Phi) is 6.74. The predicted octanol–water partition coefficient (Wildman–Crippen LogP) is 2.56. The van der Waals surface area contributed by atoms with Crippen LogP contribution in [0.15, 0.2) is 29.1 Å². The Balaban J connectivity index is 2.10. The Bertz CT molecular complexity index is 766. The summed E-state index contributed by atoms with van der Waals surface area (Å²) in [5, 5.41) is 0. The molecule has 0 bridgehead atoms.